The Labute approximate surface area is 149 Å². The lowest BCUT2D eigenvalue weighted by Gasteiger charge is -2.19. The van der Waals surface area contributed by atoms with Gasteiger partial charge in [-0.1, -0.05) is 44.2 Å². The summed E-state index contributed by atoms with van der Waals surface area (Å²) < 4.78 is 5.28. The molecule has 1 N–H and O–H groups in total. The SMILES string of the molecule is CCOCCC(=O)NC(c1ccc(C(C)CC)cc1)c1cccs1. The van der Waals surface area contributed by atoms with Crippen molar-refractivity contribution < 1.29 is 9.53 Å². The number of nitrogens with one attached hydrogen (secondary N) is 1. The van der Waals surface area contributed by atoms with Crippen molar-refractivity contribution in [2.45, 2.75) is 45.6 Å². The Bertz CT molecular complexity index is 607. The van der Waals surface area contributed by atoms with E-state index in [2.05, 4.69) is 49.5 Å². The van der Waals surface area contributed by atoms with Crippen molar-refractivity contribution in [2.75, 3.05) is 13.2 Å². The zero-order valence-electron chi connectivity index (χ0n) is 14.7. The normalized spacial score (nSPS) is 13.5. The Morgan fingerprint density at radius 2 is 1.88 bits per heavy atom. The molecule has 1 amide bonds. The summed E-state index contributed by atoms with van der Waals surface area (Å²) >= 11 is 1.67. The topological polar surface area (TPSA) is 38.3 Å². The zero-order valence-corrected chi connectivity index (χ0v) is 15.6. The minimum Gasteiger partial charge on any atom is -0.381 e. The van der Waals surface area contributed by atoms with Crippen LogP contribution in [0.3, 0.4) is 0 Å². The predicted molar refractivity (Wildman–Crippen MR) is 101 cm³/mol. The first-order valence-electron chi connectivity index (χ1n) is 8.66. The van der Waals surface area contributed by atoms with E-state index in [4.69, 9.17) is 4.74 Å². The standard InChI is InChI=1S/C20H27NO2S/c1-4-15(3)16-8-10-17(11-9-16)20(18-7-6-14-24-18)21-19(22)12-13-23-5-2/h6-11,14-15,20H,4-5,12-13H2,1-3H3,(H,21,22). The molecule has 1 aromatic carbocycles. The van der Waals surface area contributed by atoms with Gasteiger partial charge in [0.15, 0.2) is 0 Å². The van der Waals surface area contributed by atoms with Crippen molar-refractivity contribution >= 4 is 17.2 Å². The average molecular weight is 346 g/mol. The minimum atomic E-state index is -0.0925. The lowest BCUT2D eigenvalue weighted by atomic mass is 9.95. The molecule has 24 heavy (non-hydrogen) atoms. The van der Waals surface area contributed by atoms with Gasteiger partial charge < -0.3 is 10.1 Å². The van der Waals surface area contributed by atoms with Crippen LogP contribution in [0.15, 0.2) is 41.8 Å². The molecule has 0 aliphatic carbocycles. The van der Waals surface area contributed by atoms with Crippen LogP contribution in [0, 0.1) is 0 Å². The van der Waals surface area contributed by atoms with Crippen LogP contribution in [0.1, 0.15) is 61.6 Å². The van der Waals surface area contributed by atoms with Gasteiger partial charge in [0.05, 0.1) is 12.6 Å². The molecule has 3 nitrogen and oxygen atoms in total. The van der Waals surface area contributed by atoms with Gasteiger partial charge in [0.1, 0.15) is 0 Å². The van der Waals surface area contributed by atoms with E-state index in [9.17, 15) is 4.79 Å². The fourth-order valence-corrected chi connectivity index (χ4v) is 3.37. The summed E-state index contributed by atoms with van der Waals surface area (Å²) in [6.07, 6.45) is 1.52. The summed E-state index contributed by atoms with van der Waals surface area (Å²) in [6, 6.07) is 12.6. The summed E-state index contributed by atoms with van der Waals surface area (Å²) in [4.78, 5) is 13.4. The van der Waals surface area contributed by atoms with Gasteiger partial charge in [-0.25, -0.2) is 0 Å². The Morgan fingerprint density at radius 1 is 1.17 bits per heavy atom. The Hall–Kier alpha value is -1.65. The summed E-state index contributed by atoms with van der Waals surface area (Å²) in [5, 5.41) is 5.19. The van der Waals surface area contributed by atoms with Crippen LogP contribution in [0.5, 0.6) is 0 Å². The molecule has 0 fully saturated rings. The lowest BCUT2D eigenvalue weighted by molar-refractivity contribution is -0.122. The van der Waals surface area contributed by atoms with Gasteiger partial charge in [-0.05, 0) is 41.8 Å². The molecular weight excluding hydrogens is 318 g/mol. The first-order valence-corrected chi connectivity index (χ1v) is 9.54. The fraction of sp³-hybridized carbons (Fsp3) is 0.450. The van der Waals surface area contributed by atoms with Gasteiger partial charge in [0.2, 0.25) is 5.91 Å². The molecule has 0 saturated carbocycles. The molecule has 0 radical (unpaired) electrons. The third kappa shape index (κ3) is 5.18. The first-order chi connectivity index (χ1) is 11.7. The van der Waals surface area contributed by atoms with Gasteiger partial charge in [-0.3, -0.25) is 4.79 Å². The maximum absolute atomic E-state index is 12.2. The van der Waals surface area contributed by atoms with Crippen LogP contribution in [-0.2, 0) is 9.53 Å². The molecule has 0 aliphatic heterocycles. The molecule has 2 aromatic rings. The van der Waals surface area contributed by atoms with Crippen LogP contribution >= 0.6 is 11.3 Å². The second-order valence-electron chi connectivity index (χ2n) is 5.94. The van der Waals surface area contributed by atoms with E-state index in [0.717, 1.165) is 16.9 Å². The van der Waals surface area contributed by atoms with E-state index < -0.39 is 0 Å². The fourth-order valence-electron chi connectivity index (χ4n) is 2.57. The third-order valence-corrected chi connectivity index (χ3v) is 5.20. The van der Waals surface area contributed by atoms with Gasteiger partial charge in [0, 0.05) is 17.9 Å². The van der Waals surface area contributed by atoms with Crippen molar-refractivity contribution in [3.05, 3.63) is 57.8 Å². The van der Waals surface area contributed by atoms with Crippen molar-refractivity contribution in [1.82, 2.24) is 5.32 Å². The predicted octanol–water partition coefficient (Wildman–Crippen LogP) is 4.89. The highest BCUT2D eigenvalue weighted by Crippen LogP contribution is 2.28. The maximum Gasteiger partial charge on any atom is 0.223 e. The molecule has 0 spiro atoms. The minimum absolute atomic E-state index is 0.0212. The highest BCUT2D eigenvalue weighted by Gasteiger charge is 2.18. The van der Waals surface area contributed by atoms with Gasteiger partial charge in [-0.15, -0.1) is 11.3 Å². The van der Waals surface area contributed by atoms with Crippen molar-refractivity contribution in [3.8, 4) is 0 Å². The van der Waals surface area contributed by atoms with E-state index >= 15 is 0 Å². The van der Waals surface area contributed by atoms with Crippen LogP contribution in [0.25, 0.3) is 0 Å². The number of amides is 1. The zero-order chi connectivity index (χ0) is 17.4. The average Bonchev–Trinajstić information content (AvgIpc) is 3.14. The number of benzene rings is 1. The highest BCUT2D eigenvalue weighted by molar-refractivity contribution is 7.10. The monoisotopic (exact) mass is 345 g/mol. The summed E-state index contributed by atoms with van der Waals surface area (Å²) in [5.74, 6) is 0.577. The second kappa shape index (κ2) is 9.60. The van der Waals surface area contributed by atoms with Gasteiger partial charge in [-0.2, -0.15) is 0 Å². The number of ether oxygens (including phenoxy) is 1. The molecule has 0 bridgehead atoms. The van der Waals surface area contributed by atoms with Crippen LogP contribution in [-0.4, -0.2) is 19.1 Å². The maximum atomic E-state index is 12.2. The number of hydrogen-bond donors (Lipinski definition) is 1. The Morgan fingerprint density at radius 3 is 2.46 bits per heavy atom. The summed E-state index contributed by atoms with van der Waals surface area (Å²) in [7, 11) is 0. The number of carbonyl (C=O) groups is 1. The largest absolute Gasteiger partial charge is 0.381 e. The molecule has 2 rings (SSSR count). The van der Waals surface area contributed by atoms with E-state index in [-0.39, 0.29) is 11.9 Å². The molecule has 1 aromatic heterocycles. The highest BCUT2D eigenvalue weighted by atomic mass is 32.1. The lowest BCUT2D eigenvalue weighted by Crippen LogP contribution is -2.29. The molecule has 1 heterocycles. The molecule has 2 unspecified atom stereocenters. The van der Waals surface area contributed by atoms with Crippen molar-refractivity contribution in [2.24, 2.45) is 0 Å². The van der Waals surface area contributed by atoms with Gasteiger partial charge in [0.25, 0.3) is 0 Å². The van der Waals surface area contributed by atoms with E-state index in [0.29, 0.717) is 25.6 Å². The van der Waals surface area contributed by atoms with Crippen LogP contribution in [0.2, 0.25) is 0 Å². The molecule has 4 heteroatoms. The second-order valence-corrected chi connectivity index (χ2v) is 6.92. The number of carbonyl (C=O) groups excluding carboxylic acids is 1. The first kappa shape index (κ1) is 18.7. The van der Waals surface area contributed by atoms with Gasteiger partial charge >= 0.3 is 0 Å². The van der Waals surface area contributed by atoms with Crippen LogP contribution in [0.4, 0.5) is 0 Å². The summed E-state index contributed by atoms with van der Waals surface area (Å²) in [6.45, 7) is 7.48. The molecular formula is C20H27NO2S. The van der Waals surface area contributed by atoms with Crippen molar-refractivity contribution in [1.29, 1.82) is 0 Å². The van der Waals surface area contributed by atoms with E-state index in [1.165, 1.54) is 5.56 Å². The number of thiophene rings is 1. The van der Waals surface area contributed by atoms with E-state index in [1.807, 2.05) is 18.4 Å². The molecule has 2 atom stereocenters. The number of rotatable bonds is 9. The van der Waals surface area contributed by atoms with Crippen molar-refractivity contribution in [3.63, 3.8) is 0 Å². The quantitative estimate of drug-likeness (QED) is 0.657. The summed E-state index contributed by atoms with van der Waals surface area (Å²) in [5.41, 5.74) is 2.46. The Kier molecular flexibility index (Phi) is 7.47. The third-order valence-electron chi connectivity index (χ3n) is 4.26. The van der Waals surface area contributed by atoms with Crippen LogP contribution < -0.4 is 5.32 Å². The Balaban J connectivity index is 2.13. The molecule has 130 valence electrons. The molecule has 0 aliphatic rings. The van der Waals surface area contributed by atoms with E-state index in [1.54, 1.807) is 11.3 Å². The smallest absolute Gasteiger partial charge is 0.223 e. The number of hydrogen-bond acceptors (Lipinski definition) is 3. The molecule has 0 saturated heterocycles.